The van der Waals surface area contributed by atoms with E-state index in [9.17, 15) is 9.59 Å². The first-order chi connectivity index (χ1) is 13.6. The Morgan fingerprint density at radius 1 is 0.964 bits per heavy atom. The van der Waals surface area contributed by atoms with Gasteiger partial charge in [-0.05, 0) is 36.5 Å². The zero-order valence-electron chi connectivity index (χ0n) is 17.0. The first kappa shape index (κ1) is 20.5. The molecule has 1 unspecified atom stereocenters. The molecule has 1 aromatic carbocycles. The van der Waals surface area contributed by atoms with Crippen LogP contribution >= 0.6 is 0 Å². The zero-order chi connectivity index (χ0) is 19.9. The fourth-order valence-electron chi connectivity index (χ4n) is 3.60. The maximum Gasteiger partial charge on any atom is 0.321 e. The number of nitrogens with one attached hydrogen (secondary N) is 1. The van der Waals surface area contributed by atoms with E-state index in [-0.39, 0.29) is 12.1 Å². The lowest BCUT2D eigenvalue weighted by Gasteiger charge is -2.32. The Kier molecular flexibility index (Phi) is 7.14. The minimum Gasteiger partial charge on any atom is -0.378 e. The molecule has 0 aromatic heterocycles. The van der Waals surface area contributed by atoms with Gasteiger partial charge in [-0.15, -0.1) is 0 Å². The summed E-state index contributed by atoms with van der Waals surface area (Å²) in [6.45, 7) is 9.32. The summed E-state index contributed by atoms with van der Waals surface area (Å²) in [6, 6.07) is 8.05. The maximum absolute atomic E-state index is 12.7. The second kappa shape index (κ2) is 9.78. The predicted molar refractivity (Wildman–Crippen MR) is 110 cm³/mol. The molecule has 4 amide bonds. The highest BCUT2D eigenvalue weighted by Crippen LogP contribution is 2.20. The fourth-order valence-corrected chi connectivity index (χ4v) is 3.60. The third-order valence-electron chi connectivity index (χ3n) is 5.68. The van der Waals surface area contributed by atoms with Crippen molar-refractivity contribution in [2.24, 2.45) is 0 Å². The molecule has 7 heteroatoms. The van der Waals surface area contributed by atoms with Crippen molar-refractivity contribution in [3.8, 4) is 0 Å². The van der Waals surface area contributed by atoms with Crippen molar-refractivity contribution in [3.63, 3.8) is 0 Å². The third kappa shape index (κ3) is 5.16. The summed E-state index contributed by atoms with van der Waals surface area (Å²) in [5.41, 5.74) is 2.09. The molecule has 0 aliphatic carbocycles. The molecule has 1 atom stereocenters. The van der Waals surface area contributed by atoms with E-state index in [2.05, 4.69) is 31.3 Å². The van der Waals surface area contributed by atoms with Gasteiger partial charge in [-0.3, -0.25) is 0 Å². The maximum atomic E-state index is 12.7. The lowest BCUT2D eigenvalue weighted by atomic mass is 9.99. The highest BCUT2D eigenvalue weighted by Gasteiger charge is 2.26. The van der Waals surface area contributed by atoms with E-state index in [1.54, 1.807) is 4.90 Å². The largest absolute Gasteiger partial charge is 0.378 e. The number of morpholine rings is 1. The molecule has 2 fully saturated rings. The Morgan fingerprint density at radius 3 is 2.25 bits per heavy atom. The van der Waals surface area contributed by atoms with Crippen LogP contribution in [0.25, 0.3) is 0 Å². The van der Waals surface area contributed by atoms with E-state index in [0.29, 0.717) is 58.4 Å². The smallest absolute Gasteiger partial charge is 0.321 e. The SMILES string of the molecule is CCC(C)c1ccc(NC(=O)N2CCCN(C(=O)N3CCOCC3)CC2)cc1. The molecule has 3 rings (SSSR count). The van der Waals surface area contributed by atoms with E-state index >= 15 is 0 Å². The number of hydrogen-bond donors (Lipinski definition) is 1. The molecule has 2 saturated heterocycles. The van der Waals surface area contributed by atoms with Crippen LogP contribution in [0, 0.1) is 0 Å². The average molecular weight is 389 g/mol. The van der Waals surface area contributed by atoms with Crippen LogP contribution in [-0.2, 0) is 4.74 Å². The quantitative estimate of drug-likeness (QED) is 0.865. The molecular formula is C21H32N4O3. The average Bonchev–Trinajstić information content (AvgIpc) is 3.00. The number of amides is 4. The van der Waals surface area contributed by atoms with Gasteiger partial charge in [0.15, 0.2) is 0 Å². The van der Waals surface area contributed by atoms with Gasteiger partial charge in [-0.1, -0.05) is 26.0 Å². The number of anilines is 1. The van der Waals surface area contributed by atoms with Crippen LogP contribution in [0.15, 0.2) is 24.3 Å². The van der Waals surface area contributed by atoms with Gasteiger partial charge in [0, 0.05) is 45.0 Å². The number of urea groups is 2. The molecule has 1 aromatic rings. The van der Waals surface area contributed by atoms with E-state index in [1.807, 2.05) is 21.9 Å². The predicted octanol–water partition coefficient (Wildman–Crippen LogP) is 3.19. The topological polar surface area (TPSA) is 65.1 Å². The van der Waals surface area contributed by atoms with Crippen molar-refractivity contribution < 1.29 is 14.3 Å². The summed E-state index contributed by atoms with van der Waals surface area (Å²) >= 11 is 0. The van der Waals surface area contributed by atoms with Crippen LogP contribution in [0.2, 0.25) is 0 Å². The molecule has 2 heterocycles. The number of rotatable bonds is 3. The van der Waals surface area contributed by atoms with Crippen LogP contribution in [0.4, 0.5) is 15.3 Å². The summed E-state index contributed by atoms with van der Waals surface area (Å²) in [7, 11) is 0. The highest BCUT2D eigenvalue weighted by molar-refractivity contribution is 5.89. The van der Waals surface area contributed by atoms with E-state index < -0.39 is 0 Å². The zero-order valence-corrected chi connectivity index (χ0v) is 17.0. The number of carbonyl (C=O) groups excluding carboxylic acids is 2. The summed E-state index contributed by atoms with van der Waals surface area (Å²) in [5.74, 6) is 0.519. The Balaban J connectivity index is 1.51. The Hall–Kier alpha value is -2.28. The second-order valence-corrected chi connectivity index (χ2v) is 7.57. The molecule has 28 heavy (non-hydrogen) atoms. The van der Waals surface area contributed by atoms with Crippen LogP contribution in [-0.4, -0.2) is 79.2 Å². The van der Waals surface area contributed by atoms with Gasteiger partial charge in [0.2, 0.25) is 0 Å². The van der Waals surface area contributed by atoms with E-state index in [0.717, 1.165) is 18.5 Å². The van der Waals surface area contributed by atoms with Gasteiger partial charge in [0.25, 0.3) is 0 Å². The first-order valence-corrected chi connectivity index (χ1v) is 10.4. The molecule has 154 valence electrons. The molecule has 7 nitrogen and oxygen atoms in total. The molecule has 2 aliphatic rings. The van der Waals surface area contributed by atoms with Crippen molar-refractivity contribution in [1.82, 2.24) is 14.7 Å². The second-order valence-electron chi connectivity index (χ2n) is 7.57. The van der Waals surface area contributed by atoms with Crippen LogP contribution in [0.5, 0.6) is 0 Å². The molecule has 0 radical (unpaired) electrons. The van der Waals surface area contributed by atoms with Crippen LogP contribution in [0.3, 0.4) is 0 Å². The number of ether oxygens (including phenoxy) is 1. The van der Waals surface area contributed by atoms with Gasteiger partial charge in [-0.2, -0.15) is 0 Å². The Bertz CT molecular complexity index is 658. The minimum atomic E-state index is -0.100. The monoisotopic (exact) mass is 388 g/mol. The number of carbonyl (C=O) groups is 2. The van der Waals surface area contributed by atoms with Gasteiger partial charge in [0.05, 0.1) is 13.2 Å². The molecule has 0 spiro atoms. The van der Waals surface area contributed by atoms with Crippen molar-refractivity contribution in [2.45, 2.75) is 32.6 Å². The van der Waals surface area contributed by atoms with Gasteiger partial charge in [0.1, 0.15) is 0 Å². The molecule has 2 aliphatic heterocycles. The third-order valence-corrected chi connectivity index (χ3v) is 5.68. The Morgan fingerprint density at radius 2 is 1.57 bits per heavy atom. The minimum absolute atomic E-state index is 0.0613. The standard InChI is InChI=1S/C21H32N4O3/c1-3-17(2)18-5-7-19(8-6-18)22-20(26)23-9-4-10-24(12-11-23)21(27)25-13-15-28-16-14-25/h5-8,17H,3-4,9-16H2,1-2H3,(H,22,26). The number of hydrogen-bond acceptors (Lipinski definition) is 3. The van der Waals surface area contributed by atoms with Crippen LogP contribution in [0.1, 0.15) is 38.2 Å². The highest BCUT2D eigenvalue weighted by atomic mass is 16.5. The molecule has 1 N–H and O–H groups in total. The lowest BCUT2D eigenvalue weighted by Crippen LogP contribution is -2.49. The number of nitrogens with zero attached hydrogens (tertiary/aromatic N) is 3. The van der Waals surface area contributed by atoms with Crippen molar-refractivity contribution in [2.75, 3.05) is 57.8 Å². The molecule has 0 saturated carbocycles. The fraction of sp³-hybridized carbons (Fsp3) is 0.619. The van der Waals surface area contributed by atoms with Gasteiger partial charge < -0.3 is 24.8 Å². The van der Waals surface area contributed by atoms with Crippen LogP contribution < -0.4 is 5.32 Å². The summed E-state index contributed by atoms with van der Waals surface area (Å²) in [5, 5.41) is 2.99. The first-order valence-electron chi connectivity index (χ1n) is 10.4. The molecule has 0 bridgehead atoms. The van der Waals surface area contributed by atoms with Crippen molar-refractivity contribution >= 4 is 17.7 Å². The summed E-state index contributed by atoms with van der Waals surface area (Å²) < 4.78 is 5.32. The van der Waals surface area contributed by atoms with Crippen molar-refractivity contribution in [1.29, 1.82) is 0 Å². The van der Waals surface area contributed by atoms with Gasteiger partial charge >= 0.3 is 12.1 Å². The van der Waals surface area contributed by atoms with E-state index in [1.165, 1.54) is 5.56 Å². The molecular weight excluding hydrogens is 356 g/mol. The Labute approximate surface area is 167 Å². The number of benzene rings is 1. The van der Waals surface area contributed by atoms with Crippen molar-refractivity contribution in [3.05, 3.63) is 29.8 Å². The lowest BCUT2D eigenvalue weighted by molar-refractivity contribution is 0.0437. The van der Waals surface area contributed by atoms with E-state index in [4.69, 9.17) is 4.74 Å². The normalized spacial score (nSPS) is 19.1. The summed E-state index contributed by atoms with van der Waals surface area (Å²) in [6.07, 6.45) is 1.88. The van der Waals surface area contributed by atoms with Gasteiger partial charge in [-0.25, -0.2) is 9.59 Å². The summed E-state index contributed by atoms with van der Waals surface area (Å²) in [4.78, 5) is 30.8.